The van der Waals surface area contributed by atoms with Crippen molar-refractivity contribution < 1.29 is 4.79 Å². The molecule has 2 aromatic rings. The van der Waals surface area contributed by atoms with E-state index in [9.17, 15) is 4.79 Å². The molecule has 81 valence electrons. The summed E-state index contributed by atoms with van der Waals surface area (Å²) in [6, 6.07) is 9.24. The van der Waals surface area contributed by atoms with Crippen LogP contribution in [0, 0.1) is 0 Å². The van der Waals surface area contributed by atoms with E-state index >= 15 is 0 Å². The van der Waals surface area contributed by atoms with Crippen LogP contribution in [0.15, 0.2) is 42.7 Å². The van der Waals surface area contributed by atoms with E-state index in [0.29, 0.717) is 5.95 Å². The Morgan fingerprint density at radius 2 is 2.12 bits per heavy atom. The number of rotatable bonds is 4. The molecule has 0 bridgehead atoms. The molecule has 0 spiro atoms. The molecule has 4 heteroatoms. The van der Waals surface area contributed by atoms with Gasteiger partial charge in [-0.25, -0.2) is 4.98 Å². The second kappa shape index (κ2) is 4.61. The molecule has 0 aliphatic carbocycles. The number of hydrogen-bond donors (Lipinski definition) is 1. The fourth-order valence-corrected chi connectivity index (χ4v) is 1.56. The summed E-state index contributed by atoms with van der Waals surface area (Å²) in [5, 5.41) is 0. The van der Waals surface area contributed by atoms with Crippen molar-refractivity contribution in [1.82, 2.24) is 9.97 Å². The van der Waals surface area contributed by atoms with Crippen LogP contribution in [-0.2, 0) is 4.79 Å². The summed E-state index contributed by atoms with van der Waals surface area (Å²) in [4.78, 5) is 19.7. The highest BCUT2D eigenvalue weighted by Crippen LogP contribution is 2.23. The van der Waals surface area contributed by atoms with Gasteiger partial charge in [0, 0.05) is 18.1 Å². The molecular weight excluding hydrogens is 202 g/mol. The number of H-pyrrole nitrogens is 1. The normalized spacial score (nSPS) is 12.1. The minimum Gasteiger partial charge on any atom is -0.331 e. The predicted octanol–water partition coefficient (Wildman–Crippen LogP) is 2.05. The van der Waals surface area contributed by atoms with Crippen LogP contribution >= 0.6 is 0 Å². The van der Waals surface area contributed by atoms with Gasteiger partial charge in [0.25, 0.3) is 0 Å². The summed E-state index contributed by atoms with van der Waals surface area (Å²) in [6.07, 6.45) is 5.35. The first-order valence-corrected chi connectivity index (χ1v) is 5.04. The molecule has 1 aromatic carbocycles. The first kappa shape index (κ1) is 10.4. The Labute approximate surface area is 93.9 Å². The van der Waals surface area contributed by atoms with Crippen LogP contribution in [0.3, 0.4) is 0 Å². The molecule has 0 saturated carbocycles. The average Bonchev–Trinajstić information content (AvgIpc) is 2.84. The number of aromatic amines is 1. The lowest BCUT2D eigenvalue weighted by Crippen LogP contribution is -2.30. The summed E-state index contributed by atoms with van der Waals surface area (Å²) in [6.45, 7) is 1.78. The molecular formula is C12H12N3O. The molecule has 2 rings (SSSR count). The number of nitrogens with one attached hydrogen (secondary N) is 1. The summed E-state index contributed by atoms with van der Waals surface area (Å²) in [5.74, 6) is 0.641. The fraction of sp³-hybridized carbons (Fsp3) is 0.167. The maximum atomic E-state index is 10.8. The monoisotopic (exact) mass is 214 g/mol. The molecule has 0 unspecified atom stereocenters. The van der Waals surface area contributed by atoms with Crippen LogP contribution in [0.5, 0.6) is 0 Å². The molecule has 4 nitrogen and oxygen atoms in total. The van der Waals surface area contributed by atoms with Gasteiger partial charge < -0.3 is 9.88 Å². The molecule has 0 fully saturated rings. The lowest BCUT2D eigenvalue weighted by atomic mass is 10.2. The van der Waals surface area contributed by atoms with E-state index in [1.54, 1.807) is 24.2 Å². The van der Waals surface area contributed by atoms with Gasteiger partial charge >= 0.3 is 0 Å². The molecule has 1 N–H and O–H groups in total. The lowest BCUT2D eigenvalue weighted by molar-refractivity contribution is 0.544. The molecule has 1 heterocycles. The van der Waals surface area contributed by atoms with Crippen LogP contribution in [0.2, 0.25) is 0 Å². The quantitative estimate of drug-likeness (QED) is 0.847. The number of benzene rings is 1. The van der Waals surface area contributed by atoms with E-state index in [1.165, 1.54) is 0 Å². The summed E-state index contributed by atoms with van der Waals surface area (Å²) in [5.41, 5.74) is 0.910. The van der Waals surface area contributed by atoms with E-state index in [0.717, 1.165) is 5.69 Å². The summed E-state index contributed by atoms with van der Waals surface area (Å²) < 4.78 is 0. The fourth-order valence-electron chi connectivity index (χ4n) is 1.56. The van der Waals surface area contributed by atoms with Gasteiger partial charge in [0.05, 0.1) is 0 Å². The molecule has 0 amide bonds. The highest BCUT2D eigenvalue weighted by atomic mass is 16.1. The molecule has 0 aliphatic rings. The van der Waals surface area contributed by atoms with Crippen LogP contribution in [0.1, 0.15) is 6.92 Å². The largest absolute Gasteiger partial charge is 0.331 e. The molecule has 0 aliphatic heterocycles. The molecule has 0 saturated heterocycles. The smallest absolute Gasteiger partial charge is 0.223 e. The van der Waals surface area contributed by atoms with Gasteiger partial charge in [-0.3, -0.25) is 4.79 Å². The van der Waals surface area contributed by atoms with Gasteiger partial charge in [-0.1, -0.05) is 18.2 Å². The number of imidazole rings is 1. The highest BCUT2D eigenvalue weighted by molar-refractivity contribution is 5.71. The topological polar surface area (TPSA) is 49.0 Å². The van der Waals surface area contributed by atoms with Crippen molar-refractivity contribution in [3.63, 3.8) is 0 Å². The average molecular weight is 214 g/mol. The zero-order chi connectivity index (χ0) is 11.4. The number of nitrogens with zero attached hydrogens (tertiary/aromatic N) is 2. The number of hydrogen-bond acceptors (Lipinski definition) is 3. The first-order valence-electron chi connectivity index (χ1n) is 5.04. The third kappa shape index (κ3) is 1.95. The third-order valence-electron chi connectivity index (χ3n) is 2.30. The van der Waals surface area contributed by atoms with E-state index in [4.69, 9.17) is 0 Å². The second-order valence-electron chi connectivity index (χ2n) is 3.41. The standard InChI is InChI=1S/C12H12N3O/c1-10(9-16)15(12-13-7-8-14-12)11-5-3-2-4-6-11/h2-8,10H,1H3,(H,13,14)/t10-/m0/s1. The second-order valence-corrected chi connectivity index (χ2v) is 3.41. The van der Waals surface area contributed by atoms with Crippen molar-refractivity contribution in [1.29, 1.82) is 0 Å². The van der Waals surface area contributed by atoms with Crippen LogP contribution < -0.4 is 4.90 Å². The Balaban J connectivity index is 2.40. The van der Waals surface area contributed by atoms with E-state index < -0.39 is 0 Å². The Bertz CT molecular complexity index is 439. The zero-order valence-corrected chi connectivity index (χ0v) is 8.92. The van der Waals surface area contributed by atoms with Crippen LogP contribution in [0.4, 0.5) is 11.6 Å². The van der Waals surface area contributed by atoms with Crippen molar-refractivity contribution in [2.24, 2.45) is 0 Å². The lowest BCUT2D eigenvalue weighted by Gasteiger charge is -2.24. The van der Waals surface area contributed by atoms with Crippen LogP contribution in [0.25, 0.3) is 0 Å². The Kier molecular flexibility index (Phi) is 3.00. The Hall–Kier alpha value is -2.10. The van der Waals surface area contributed by atoms with Crippen molar-refractivity contribution in [2.75, 3.05) is 4.90 Å². The van der Waals surface area contributed by atoms with Gasteiger partial charge in [-0.2, -0.15) is 0 Å². The van der Waals surface area contributed by atoms with Gasteiger partial charge in [0.2, 0.25) is 12.2 Å². The number of para-hydroxylation sites is 1. The number of anilines is 2. The zero-order valence-electron chi connectivity index (χ0n) is 8.92. The summed E-state index contributed by atoms with van der Waals surface area (Å²) >= 11 is 0. The Morgan fingerprint density at radius 3 is 2.69 bits per heavy atom. The van der Waals surface area contributed by atoms with Gasteiger partial charge in [-0.15, -0.1) is 0 Å². The molecule has 1 aromatic heterocycles. The van der Waals surface area contributed by atoms with Gasteiger partial charge in [-0.05, 0) is 19.1 Å². The highest BCUT2D eigenvalue weighted by Gasteiger charge is 2.18. The molecule has 16 heavy (non-hydrogen) atoms. The van der Waals surface area contributed by atoms with Gasteiger partial charge in [0.1, 0.15) is 6.04 Å². The minimum absolute atomic E-state index is 0.381. The number of carbonyl (C=O) groups excluding carboxylic acids is 1. The van der Waals surface area contributed by atoms with E-state index in [2.05, 4.69) is 9.97 Å². The third-order valence-corrected chi connectivity index (χ3v) is 2.30. The Morgan fingerprint density at radius 1 is 1.38 bits per heavy atom. The van der Waals surface area contributed by atoms with Crippen molar-refractivity contribution >= 4 is 17.9 Å². The maximum Gasteiger partial charge on any atom is 0.223 e. The summed E-state index contributed by atoms with van der Waals surface area (Å²) in [7, 11) is 0. The van der Waals surface area contributed by atoms with E-state index in [1.807, 2.05) is 36.6 Å². The molecule has 1 radical (unpaired) electrons. The minimum atomic E-state index is -0.381. The predicted molar refractivity (Wildman–Crippen MR) is 62.3 cm³/mol. The van der Waals surface area contributed by atoms with Crippen molar-refractivity contribution in [2.45, 2.75) is 13.0 Å². The maximum absolute atomic E-state index is 10.8. The first-order chi connectivity index (χ1) is 7.83. The molecule has 1 atom stereocenters. The SMILES string of the molecule is C[C@@H]([C]=O)N(c1ccccc1)c1ncc[nH]1. The van der Waals surface area contributed by atoms with Crippen molar-refractivity contribution in [3.8, 4) is 0 Å². The van der Waals surface area contributed by atoms with Gasteiger partial charge in [0.15, 0.2) is 0 Å². The van der Waals surface area contributed by atoms with Crippen LogP contribution in [-0.4, -0.2) is 22.3 Å². The number of aromatic nitrogens is 2. The van der Waals surface area contributed by atoms with Crippen molar-refractivity contribution in [3.05, 3.63) is 42.7 Å². The van der Waals surface area contributed by atoms with E-state index in [-0.39, 0.29) is 6.04 Å².